The molecule has 0 aliphatic heterocycles. The summed E-state index contributed by atoms with van der Waals surface area (Å²) in [6, 6.07) is 6.22. The van der Waals surface area contributed by atoms with Crippen LogP contribution in [0.4, 0.5) is 13.2 Å². The summed E-state index contributed by atoms with van der Waals surface area (Å²) in [6.07, 6.45) is -4.70. The molecule has 0 saturated carbocycles. The minimum Gasteiger partial charge on any atom is -0.405 e. The van der Waals surface area contributed by atoms with Gasteiger partial charge in [0.15, 0.2) is 0 Å². The lowest BCUT2D eigenvalue weighted by molar-refractivity contribution is -0.274. The summed E-state index contributed by atoms with van der Waals surface area (Å²) in [6.45, 7) is 2.79. The molecule has 1 heterocycles. The molecule has 2 aromatic rings. The first kappa shape index (κ1) is 15.8. The van der Waals surface area contributed by atoms with Crippen LogP contribution in [0.1, 0.15) is 17.0 Å². The topological polar surface area (TPSA) is 47.3 Å². The Morgan fingerprint density at radius 2 is 2.05 bits per heavy atom. The van der Waals surface area contributed by atoms with Gasteiger partial charge < -0.3 is 14.6 Å². The third-order valence-electron chi connectivity index (χ3n) is 2.53. The van der Waals surface area contributed by atoms with Crippen LogP contribution in [0.15, 0.2) is 33.3 Å². The van der Waals surface area contributed by atoms with Crippen LogP contribution in [0.5, 0.6) is 5.75 Å². The Morgan fingerprint density at radius 1 is 1.29 bits per heavy atom. The predicted molar refractivity (Wildman–Crippen MR) is 72.6 cm³/mol. The van der Waals surface area contributed by atoms with Gasteiger partial charge in [-0.1, -0.05) is 11.2 Å². The van der Waals surface area contributed by atoms with Crippen molar-refractivity contribution < 1.29 is 22.4 Å². The van der Waals surface area contributed by atoms with Crippen molar-refractivity contribution in [2.45, 2.75) is 26.4 Å². The van der Waals surface area contributed by atoms with Gasteiger partial charge >= 0.3 is 6.36 Å². The highest BCUT2D eigenvalue weighted by molar-refractivity contribution is 9.10. The summed E-state index contributed by atoms with van der Waals surface area (Å²) in [5.74, 6) is 0.460. The van der Waals surface area contributed by atoms with Crippen molar-refractivity contribution in [1.82, 2.24) is 10.5 Å². The smallest absolute Gasteiger partial charge is 0.405 e. The van der Waals surface area contributed by atoms with E-state index in [9.17, 15) is 13.2 Å². The summed E-state index contributed by atoms with van der Waals surface area (Å²) >= 11 is 3.06. The Labute approximate surface area is 127 Å². The molecule has 0 radical (unpaired) electrons. The van der Waals surface area contributed by atoms with E-state index in [1.165, 1.54) is 6.07 Å². The standard InChI is InChI=1S/C13H12BrF3N2O2/c1-8-4-10(19-21-8)7-18-6-9-2-3-12(11(14)5-9)20-13(15,16)17/h2-5,18H,6-7H2,1H3. The van der Waals surface area contributed by atoms with Gasteiger partial charge in [-0.05, 0) is 40.5 Å². The van der Waals surface area contributed by atoms with Crippen LogP contribution >= 0.6 is 15.9 Å². The lowest BCUT2D eigenvalue weighted by Gasteiger charge is -2.11. The van der Waals surface area contributed by atoms with Crippen LogP contribution in [0.2, 0.25) is 0 Å². The Balaban J connectivity index is 1.91. The molecule has 4 nitrogen and oxygen atoms in total. The molecule has 0 bridgehead atoms. The number of nitrogens with zero attached hydrogens (tertiary/aromatic N) is 1. The summed E-state index contributed by atoms with van der Waals surface area (Å²) in [4.78, 5) is 0. The second-order valence-corrected chi connectivity index (χ2v) is 5.20. The number of benzene rings is 1. The first-order chi connectivity index (χ1) is 9.83. The van der Waals surface area contributed by atoms with Crippen LogP contribution in [0.25, 0.3) is 0 Å². The van der Waals surface area contributed by atoms with E-state index in [4.69, 9.17) is 4.52 Å². The highest BCUT2D eigenvalue weighted by Gasteiger charge is 2.31. The van der Waals surface area contributed by atoms with E-state index in [1.807, 2.05) is 6.07 Å². The van der Waals surface area contributed by atoms with Gasteiger partial charge in [0.2, 0.25) is 0 Å². The fourth-order valence-electron chi connectivity index (χ4n) is 1.70. The number of aromatic nitrogens is 1. The fourth-order valence-corrected chi connectivity index (χ4v) is 2.21. The monoisotopic (exact) mass is 364 g/mol. The summed E-state index contributed by atoms with van der Waals surface area (Å²) in [7, 11) is 0. The van der Waals surface area contributed by atoms with Gasteiger partial charge in [-0.3, -0.25) is 0 Å². The fraction of sp³-hybridized carbons (Fsp3) is 0.308. The SMILES string of the molecule is Cc1cc(CNCc2ccc(OC(F)(F)F)c(Br)c2)no1. The molecule has 114 valence electrons. The van der Waals surface area contributed by atoms with Crippen LogP contribution in [-0.4, -0.2) is 11.5 Å². The number of hydrogen-bond acceptors (Lipinski definition) is 4. The van der Waals surface area contributed by atoms with Crippen molar-refractivity contribution in [3.05, 3.63) is 45.8 Å². The Bertz CT molecular complexity index is 614. The van der Waals surface area contributed by atoms with Gasteiger partial charge in [0.1, 0.15) is 11.5 Å². The van der Waals surface area contributed by atoms with E-state index >= 15 is 0 Å². The zero-order chi connectivity index (χ0) is 15.5. The molecular formula is C13H12BrF3N2O2. The molecule has 8 heteroatoms. The number of aryl methyl sites for hydroxylation is 1. The number of ether oxygens (including phenoxy) is 1. The molecule has 0 atom stereocenters. The molecule has 1 aromatic carbocycles. The maximum atomic E-state index is 12.1. The van der Waals surface area contributed by atoms with Crippen molar-refractivity contribution in [3.63, 3.8) is 0 Å². The van der Waals surface area contributed by atoms with Gasteiger partial charge in [0.25, 0.3) is 0 Å². The Kier molecular flexibility index (Phi) is 4.89. The second kappa shape index (κ2) is 6.48. The predicted octanol–water partition coefficient (Wildman–Crippen LogP) is 3.93. The van der Waals surface area contributed by atoms with Crippen LogP contribution < -0.4 is 10.1 Å². The number of halogens is 4. The minimum absolute atomic E-state index is 0.247. The first-order valence-electron chi connectivity index (χ1n) is 6.00. The van der Waals surface area contributed by atoms with Crippen LogP contribution in [0.3, 0.4) is 0 Å². The number of rotatable bonds is 5. The van der Waals surface area contributed by atoms with Gasteiger partial charge in [-0.15, -0.1) is 13.2 Å². The lowest BCUT2D eigenvalue weighted by atomic mass is 10.2. The van der Waals surface area contributed by atoms with Gasteiger partial charge in [-0.25, -0.2) is 0 Å². The molecule has 2 rings (SSSR count). The maximum absolute atomic E-state index is 12.1. The molecule has 1 N–H and O–H groups in total. The molecule has 21 heavy (non-hydrogen) atoms. The third kappa shape index (κ3) is 5.05. The second-order valence-electron chi connectivity index (χ2n) is 4.35. The van der Waals surface area contributed by atoms with Crippen molar-refractivity contribution in [2.75, 3.05) is 0 Å². The summed E-state index contributed by atoms with van der Waals surface area (Å²) < 4.78 is 45.5. The van der Waals surface area contributed by atoms with Crippen molar-refractivity contribution in [1.29, 1.82) is 0 Å². The number of alkyl halides is 3. The highest BCUT2D eigenvalue weighted by Crippen LogP contribution is 2.31. The highest BCUT2D eigenvalue weighted by atomic mass is 79.9. The minimum atomic E-state index is -4.70. The normalized spacial score (nSPS) is 11.7. The number of hydrogen-bond donors (Lipinski definition) is 1. The lowest BCUT2D eigenvalue weighted by Crippen LogP contribution is -2.17. The molecule has 0 saturated heterocycles. The molecule has 0 amide bonds. The van der Waals surface area contributed by atoms with Crippen LogP contribution in [0, 0.1) is 6.92 Å². The molecule has 0 unspecified atom stereocenters. The van der Waals surface area contributed by atoms with E-state index < -0.39 is 6.36 Å². The van der Waals surface area contributed by atoms with Crippen LogP contribution in [-0.2, 0) is 13.1 Å². The zero-order valence-electron chi connectivity index (χ0n) is 11.0. The van der Waals surface area contributed by atoms with Gasteiger partial charge in [0.05, 0.1) is 10.2 Å². The average Bonchev–Trinajstić information content (AvgIpc) is 2.77. The van der Waals surface area contributed by atoms with E-state index in [0.29, 0.717) is 13.1 Å². The molecule has 0 aliphatic carbocycles. The Morgan fingerprint density at radius 3 is 2.62 bits per heavy atom. The molecule has 1 aromatic heterocycles. The third-order valence-corrected chi connectivity index (χ3v) is 3.15. The zero-order valence-corrected chi connectivity index (χ0v) is 12.6. The van der Waals surface area contributed by atoms with Gasteiger partial charge in [-0.2, -0.15) is 0 Å². The number of nitrogens with one attached hydrogen (secondary N) is 1. The molecule has 0 aliphatic rings. The maximum Gasteiger partial charge on any atom is 0.573 e. The first-order valence-corrected chi connectivity index (χ1v) is 6.80. The quantitative estimate of drug-likeness (QED) is 0.872. The van der Waals surface area contributed by atoms with E-state index in [-0.39, 0.29) is 10.2 Å². The summed E-state index contributed by atoms with van der Waals surface area (Å²) in [5.41, 5.74) is 1.58. The van der Waals surface area contributed by atoms with Crippen molar-refractivity contribution in [2.24, 2.45) is 0 Å². The molecular weight excluding hydrogens is 353 g/mol. The Hall–Kier alpha value is -1.54. The summed E-state index contributed by atoms with van der Waals surface area (Å²) in [5, 5.41) is 6.95. The molecule has 0 spiro atoms. The van der Waals surface area contributed by atoms with E-state index in [1.54, 1.807) is 19.1 Å². The largest absolute Gasteiger partial charge is 0.573 e. The van der Waals surface area contributed by atoms with Crippen molar-refractivity contribution >= 4 is 15.9 Å². The van der Waals surface area contributed by atoms with E-state index in [0.717, 1.165) is 17.0 Å². The van der Waals surface area contributed by atoms with Gasteiger partial charge in [0, 0.05) is 19.2 Å². The average molecular weight is 365 g/mol. The van der Waals surface area contributed by atoms with Crippen molar-refractivity contribution in [3.8, 4) is 5.75 Å². The van der Waals surface area contributed by atoms with E-state index in [2.05, 4.69) is 31.1 Å². The molecule has 0 fully saturated rings.